The van der Waals surface area contributed by atoms with Crippen LogP contribution in [0.4, 0.5) is 0 Å². The van der Waals surface area contributed by atoms with Crippen molar-refractivity contribution in [3.8, 4) is 0 Å². The Morgan fingerprint density at radius 2 is 2.22 bits per heavy atom. The number of carbonyl (C=O) groups excluding carboxylic acids is 1. The average molecular weight is 410 g/mol. The number of aromatic nitrogens is 2. The Hall–Kier alpha value is -1.57. The van der Waals surface area contributed by atoms with Crippen molar-refractivity contribution in [2.75, 3.05) is 19.8 Å². The molecule has 0 aliphatic carbocycles. The van der Waals surface area contributed by atoms with E-state index in [1.807, 2.05) is 6.92 Å². The molecule has 1 unspecified atom stereocenters. The Morgan fingerprint density at radius 3 is 3.04 bits per heavy atom. The molecule has 2 heterocycles. The highest BCUT2D eigenvalue weighted by atomic mass is 35.5. The fourth-order valence-corrected chi connectivity index (χ4v) is 4.43. The molecule has 0 radical (unpaired) electrons. The first kappa shape index (κ1) is 20.2. The first-order valence-electron chi connectivity index (χ1n) is 9.32. The maximum atomic E-state index is 13.0. The second kappa shape index (κ2) is 9.57. The number of halogens is 1. The van der Waals surface area contributed by atoms with Crippen LogP contribution in [0.15, 0.2) is 28.2 Å². The zero-order valence-corrected chi connectivity index (χ0v) is 16.9. The first-order chi connectivity index (χ1) is 13.1. The van der Waals surface area contributed by atoms with Crippen LogP contribution in [-0.4, -0.2) is 40.5 Å². The van der Waals surface area contributed by atoms with Crippen molar-refractivity contribution in [1.29, 1.82) is 0 Å². The molecule has 1 saturated heterocycles. The predicted molar refractivity (Wildman–Crippen MR) is 109 cm³/mol. The quantitative estimate of drug-likeness (QED) is 0.561. The van der Waals surface area contributed by atoms with Crippen LogP contribution in [0, 0.1) is 0 Å². The maximum Gasteiger partial charge on any atom is 0.262 e. The third-order valence-corrected chi connectivity index (χ3v) is 5.98. The second-order valence-electron chi connectivity index (χ2n) is 6.46. The van der Waals surface area contributed by atoms with E-state index < -0.39 is 0 Å². The molecule has 6 nitrogen and oxygen atoms in total. The van der Waals surface area contributed by atoms with E-state index in [9.17, 15) is 9.59 Å². The molecular weight excluding hydrogens is 386 g/mol. The Bertz CT molecular complexity index is 871. The molecule has 0 spiro atoms. The van der Waals surface area contributed by atoms with Crippen LogP contribution < -0.4 is 10.9 Å². The van der Waals surface area contributed by atoms with Crippen molar-refractivity contribution in [2.45, 2.75) is 49.6 Å². The number of fused-ring (bicyclic) bond motifs is 1. The van der Waals surface area contributed by atoms with Gasteiger partial charge in [0.15, 0.2) is 5.16 Å². The first-order valence-corrected chi connectivity index (χ1v) is 10.6. The van der Waals surface area contributed by atoms with E-state index >= 15 is 0 Å². The lowest BCUT2D eigenvalue weighted by molar-refractivity contribution is -0.120. The number of hydrogen-bond acceptors (Lipinski definition) is 5. The van der Waals surface area contributed by atoms with E-state index in [-0.39, 0.29) is 16.7 Å². The van der Waals surface area contributed by atoms with Crippen molar-refractivity contribution < 1.29 is 9.53 Å². The number of hydrogen-bond donors (Lipinski definition) is 1. The molecule has 1 atom stereocenters. The lowest BCUT2D eigenvalue weighted by Gasteiger charge is -2.17. The number of nitrogens with zero attached hydrogens (tertiary/aromatic N) is 2. The van der Waals surface area contributed by atoms with Crippen LogP contribution in [0.2, 0.25) is 5.02 Å². The summed E-state index contributed by atoms with van der Waals surface area (Å²) in [6, 6.07) is 5.10. The van der Waals surface area contributed by atoms with E-state index in [0.29, 0.717) is 53.8 Å². The van der Waals surface area contributed by atoms with Gasteiger partial charge in [0.05, 0.1) is 16.2 Å². The molecule has 1 aliphatic heterocycles. The predicted octanol–water partition coefficient (Wildman–Crippen LogP) is 3.24. The molecule has 0 bridgehead atoms. The number of nitrogens with one attached hydrogen (secondary N) is 1. The highest BCUT2D eigenvalue weighted by molar-refractivity contribution is 8.00. The number of benzene rings is 1. The second-order valence-corrected chi connectivity index (χ2v) is 8.06. The van der Waals surface area contributed by atoms with Crippen molar-refractivity contribution in [1.82, 2.24) is 14.9 Å². The summed E-state index contributed by atoms with van der Waals surface area (Å²) in [5.74, 6) is 0.0128. The van der Waals surface area contributed by atoms with E-state index in [4.69, 9.17) is 16.3 Å². The lowest BCUT2D eigenvalue weighted by Crippen LogP contribution is -2.32. The van der Waals surface area contributed by atoms with E-state index in [1.165, 1.54) is 11.8 Å². The highest BCUT2D eigenvalue weighted by Gasteiger charge is 2.24. The fraction of sp³-hybridized carbons (Fsp3) is 0.526. The molecule has 1 aromatic carbocycles. The van der Waals surface area contributed by atoms with Gasteiger partial charge in [0.1, 0.15) is 0 Å². The van der Waals surface area contributed by atoms with Gasteiger partial charge in [0.2, 0.25) is 5.91 Å². The van der Waals surface area contributed by atoms with Gasteiger partial charge in [-0.25, -0.2) is 4.98 Å². The number of ether oxygens (including phenoxy) is 1. The Kier molecular flexibility index (Phi) is 7.15. The zero-order valence-electron chi connectivity index (χ0n) is 15.4. The van der Waals surface area contributed by atoms with Gasteiger partial charge in [0.25, 0.3) is 5.56 Å². The van der Waals surface area contributed by atoms with E-state index in [2.05, 4.69) is 10.3 Å². The van der Waals surface area contributed by atoms with Crippen LogP contribution >= 0.6 is 23.4 Å². The standard InChI is InChI=1S/C19H24ClN3O3S/c1-2-26-11-5-10-23-18(25)14-8-7-13(20)12-15(14)22-19(23)27-16-6-3-4-9-21-17(16)24/h7-8,12,16H,2-6,9-11H2,1H3,(H,21,24). The highest BCUT2D eigenvalue weighted by Crippen LogP contribution is 2.28. The lowest BCUT2D eigenvalue weighted by atomic mass is 10.2. The minimum Gasteiger partial charge on any atom is -0.382 e. The average Bonchev–Trinajstić information content (AvgIpc) is 2.85. The van der Waals surface area contributed by atoms with Gasteiger partial charge in [-0.2, -0.15) is 0 Å². The minimum atomic E-state index is -0.242. The SMILES string of the molecule is CCOCCCn1c(SC2CCCCNC2=O)nc2cc(Cl)ccc2c1=O. The van der Waals surface area contributed by atoms with Crippen molar-refractivity contribution in [3.63, 3.8) is 0 Å². The fourth-order valence-electron chi connectivity index (χ4n) is 3.08. The molecule has 27 heavy (non-hydrogen) atoms. The molecule has 0 saturated carbocycles. The van der Waals surface area contributed by atoms with Crippen molar-refractivity contribution in [2.24, 2.45) is 0 Å². The summed E-state index contributed by atoms with van der Waals surface area (Å²) in [5, 5.41) is 4.33. The van der Waals surface area contributed by atoms with Gasteiger partial charge in [-0.15, -0.1) is 0 Å². The summed E-state index contributed by atoms with van der Waals surface area (Å²) in [6.07, 6.45) is 3.44. The molecule has 1 amide bonds. The van der Waals surface area contributed by atoms with E-state index in [1.54, 1.807) is 22.8 Å². The topological polar surface area (TPSA) is 73.2 Å². The molecule has 2 aromatic rings. The number of thioether (sulfide) groups is 1. The molecule has 146 valence electrons. The molecular formula is C19H24ClN3O3S. The van der Waals surface area contributed by atoms with Crippen LogP contribution in [0.1, 0.15) is 32.6 Å². The molecule has 1 aliphatic rings. The molecule has 3 rings (SSSR count). The summed E-state index contributed by atoms with van der Waals surface area (Å²) < 4.78 is 7.06. The summed E-state index contributed by atoms with van der Waals surface area (Å²) >= 11 is 7.45. The summed E-state index contributed by atoms with van der Waals surface area (Å²) in [5.41, 5.74) is 0.454. The Balaban J connectivity index is 1.96. The molecule has 8 heteroatoms. The van der Waals surface area contributed by atoms with Gasteiger partial charge in [-0.1, -0.05) is 29.8 Å². The maximum absolute atomic E-state index is 13.0. The van der Waals surface area contributed by atoms with Crippen LogP contribution in [0.25, 0.3) is 10.9 Å². The van der Waals surface area contributed by atoms with Crippen LogP contribution in [-0.2, 0) is 16.1 Å². The number of amides is 1. The third-order valence-electron chi connectivity index (χ3n) is 4.49. The molecule has 1 N–H and O–H groups in total. The third kappa shape index (κ3) is 5.03. The van der Waals surface area contributed by atoms with Gasteiger partial charge in [-0.05, 0) is 44.4 Å². The molecule has 1 fully saturated rings. The Morgan fingerprint density at radius 1 is 1.37 bits per heavy atom. The summed E-state index contributed by atoms with van der Waals surface area (Å²) in [4.78, 5) is 30.1. The van der Waals surface area contributed by atoms with Gasteiger partial charge < -0.3 is 10.1 Å². The number of rotatable bonds is 7. The van der Waals surface area contributed by atoms with E-state index in [0.717, 1.165) is 19.3 Å². The summed E-state index contributed by atoms with van der Waals surface area (Å²) in [7, 11) is 0. The number of carbonyl (C=O) groups is 1. The largest absolute Gasteiger partial charge is 0.382 e. The smallest absolute Gasteiger partial charge is 0.262 e. The monoisotopic (exact) mass is 409 g/mol. The zero-order chi connectivity index (χ0) is 19.2. The van der Waals surface area contributed by atoms with Gasteiger partial charge in [0, 0.05) is 31.3 Å². The molecule has 1 aromatic heterocycles. The van der Waals surface area contributed by atoms with Crippen molar-refractivity contribution >= 4 is 40.2 Å². The summed E-state index contributed by atoms with van der Waals surface area (Å²) in [6.45, 7) is 4.38. The van der Waals surface area contributed by atoms with Gasteiger partial charge in [-0.3, -0.25) is 14.2 Å². The van der Waals surface area contributed by atoms with Crippen LogP contribution in [0.5, 0.6) is 0 Å². The normalized spacial score (nSPS) is 17.7. The Labute approximate surface area is 167 Å². The van der Waals surface area contributed by atoms with Crippen LogP contribution in [0.3, 0.4) is 0 Å². The van der Waals surface area contributed by atoms with Crippen molar-refractivity contribution in [3.05, 3.63) is 33.6 Å². The minimum absolute atomic E-state index is 0.0128. The van der Waals surface area contributed by atoms with Gasteiger partial charge >= 0.3 is 0 Å².